The lowest BCUT2D eigenvalue weighted by Gasteiger charge is -2.30. The van der Waals surface area contributed by atoms with Gasteiger partial charge in [-0.2, -0.15) is 5.10 Å². The fourth-order valence-corrected chi connectivity index (χ4v) is 2.12. The van der Waals surface area contributed by atoms with Gasteiger partial charge in [0.15, 0.2) is 0 Å². The number of hydrogen-bond acceptors (Lipinski definition) is 3. The van der Waals surface area contributed by atoms with E-state index in [1.165, 1.54) is 0 Å². The molecule has 1 aromatic heterocycles. The number of terminal acetylenes is 1. The fourth-order valence-electron chi connectivity index (χ4n) is 2.12. The normalized spacial score (nSPS) is 14.8. The van der Waals surface area contributed by atoms with Crippen LogP contribution in [0.3, 0.4) is 0 Å². The van der Waals surface area contributed by atoms with Crippen LogP contribution < -0.4 is 0 Å². The molecule has 1 amide bonds. The minimum absolute atomic E-state index is 0.305. The Kier molecular flexibility index (Phi) is 3.27. The van der Waals surface area contributed by atoms with Crippen LogP contribution in [0.4, 0.5) is 4.79 Å². The molecular formula is C14H19N3O2. The monoisotopic (exact) mass is 261 g/mol. The Morgan fingerprint density at radius 1 is 1.42 bits per heavy atom. The zero-order valence-electron chi connectivity index (χ0n) is 11.9. The number of aryl methyl sites for hydroxylation is 1. The number of amides is 1. The molecule has 0 saturated carbocycles. The molecular weight excluding hydrogens is 242 g/mol. The quantitative estimate of drug-likeness (QED) is 0.670. The third-order valence-corrected chi connectivity index (χ3v) is 2.95. The maximum absolute atomic E-state index is 12.1. The second-order valence-electron chi connectivity index (χ2n) is 5.68. The lowest BCUT2D eigenvalue weighted by Crippen LogP contribution is -2.41. The highest BCUT2D eigenvalue weighted by atomic mass is 16.6. The summed E-state index contributed by atoms with van der Waals surface area (Å²) < 4.78 is 7.26. The topological polar surface area (TPSA) is 47.4 Å². The lowest BCUT2D eigenvalue weighted by molar-refractivity contribution is 0.0194. The number of nitrogens with zero attached hydrogens (tertiary/aromatic N) is 3. The molecule has 1 aliphatic rings. The van der Waals surface area contributed by atoms with Gasteiger partial charge in [-0.3, -0.25) is 4.68 Å². The first-order valence-electron chi connectivity index (χ1n) is 6.32. The molecule has 5 nitrogen and oxygen atoms in total. The summed E-state index contributed by atoms with van der Waals surface area (Å²) in [5, 5.41) is 4.39. The van der Waals surface area contributed by atoms with Gasteiger partial charge in [-0.15, -0.1) is 6.42 Å². The minimum Gasteiger partial charge on any atom is -0.444 e. The predicted molar refractivity (Wildman–Crippen MR) is 71.5 cm³/mol. The standard InChI is InChI=1S/C14H19N3O2/c1-6-11-10(2)15-17-8-7-16(9-12(11)17)13(18)19-14(3,4)5/h1H,7-9H2,2-5H3. The first-order chi connectivity index (χ1) is 8.81. The van der Waals surface area contributed by atoms with Crippen LogP contribution in [-0.4, -0.2) is 32.9 Å². The highest BCUT2D eigenvalue weighted by molar-refractivity contribution is 5.68. The van der Waals surface area contributed by atoms with E-state index >= 15 is 0 Å². The van der Waals surface area contributed by atoms with Gasteiger partial charge in [-0.05, 0) is 27.7 Å². The highest BCUT2D eigenvalue weighted by Gasteiger charge is 2.28. The second kappa shape index (κ2) is 4.61. The summed E-state index contributed by atoms with van der Waals surface area (Å²) in [5.74, 6) is 2.65. The first kappa shape index (κ1) is 13.5. The number of ether oxygens (including phenoxy) is 1. The second-order valence-corrected chi connectivity index (χ2v) is 5.68. The van der Waals surface area contributed by atoms with E-state index in [1.54, 1.807) is 4.90 Å². The summed E-state index contributed by atoms with van der Waals surface area (Å²) in [4.78, 5) is 13.7. The third kappa shape index (κ3) is 2.73. The van der Waals surface area contributed by atoms with Crippen molar-refractivity contribution < 1.29 is 9.53 Å². The zero-order chi connectivity index (χ0) is 14.2. The van der Waals surface area contributed by atoms with Gasteiger partial charge in [0.1, 0.15) is 5.60 Å². The van der Waals surface area contributed by atoms with Gasteiger partial charge >= 0.3 is 6.09 Å². The van der Waals surface area contributed by atoms with E-state index in [2.05, 4.69) is 11.0 Å². The Morgan fingerprint density at radius 3 is 2.68 bits per heavy atom. The van der Waals surface area contributed by atoms with Crippen LogP contribution in [0.25, 0.3) is 0 Å². The smallest absolute Gasteiger partial charge is 0.410 e. The Bertz CT molecular complexity index is 546. The van der Waals surface area contributed by atoms with Crippen molar-refractivity contribution in [3.63, 3.8) is 0 Å². The van der Waals surface area contributed by atoms with Crippen LogP contribution in [0.15, 0.2) is 0 Å². The number of hydrogen-bond donors (Lipinski definition) is 0. The minimum atomic E-state index is -0.486. The highest BCUT2D eigenvalue weighted by Crippen LogP contribution is 2.20. The molecule has 5 heteroatoms. The van der Waals surface area contributed by atoms with Crippen molar-refractivity contribution in [2.24, 2.45) is 0 Å². The number of rotatable bonds is 0. The molecule has 19 heavy (non-hydrogen) atoms. The van der Waals surface area contributed by atoms with E-state index in [-0.39, 0.29) is 6.09 Å². The van der Waals surface area contributed by atoms with Crippen molar-refractivity contribution in [2.75, 3.05) is 6.54 Å². The summed E-state index contributed by atoms with van der Waals surface area (Å²) in [7, 11) is 0. The molecule has 0 saturated heterocycles. The van der Waals surface area contributed by atoms with Crippen LogP contribution >= 0.6 is 0 Å². The SMILES string of the molecule is C#Cc1c(C)nn2c1CN(C(=O)OC(C)(C)C)CC2. The first-order valence-corrected chi connectivity index (χ1v) is 6.32. The Hall–Kier alpha value is -1.96. The molecule has 1 aliphatic heterocycles. The molecule has 0 unspecified atom stereocenters. The maximum Gasteiger partial charge on any atom is 0.410 e. The summed E-state index contributed by atoms with van der Waals surface area (Å²) in [6.07, 6.45) is 5.20. The van der Waals surface area contributed by atoms with E-state index < -0.39 is 5.60 Å². The van der Waals surface area contributed by atoms with Crippen LogP contribution in [0.5, 0.6) is 0 Å². The Balaban J connectivity index is 2.18. The maximum atomic E-state index is 12.1. The molecule has 0 fully saturated rings. The third-order valence-electron chi connectivity index (χ3n) is 2.95. The summed E-state index contributed by atoms with van der Waals surface area (Å²) >= 11 is 0. The number of fused-ring (bicyclic) bond motifs is 1. The van der Waals surface area contributed by atoms with E-state index in [1.807, 2.05) is 32.4 Å². The molecule has 2 heterocycles. The van der Waals surface area contributed by atoms with Crippen LogP contribution in [-0.2, 0) is 17.8 Å². The van der Waals surface area contributed by atoms with E-state index in [4.69, 9.17) is 11.2 Å². The number of aromatic nitrogens is 2. The Labute approximate surface area is 113 Å². The molecule has 1 aromatic rings. The molecule has 102 valence electrons. The van der Waals surface area contributed by atoms with E-state index in [9.17, 15) is 4.79 Å². The predicted octanol–water partition coefficient (Wildman–Crippen LogP) is 1.92. The fraction of sp³-hybridized carbons (Fsp3) is 0.571. The van der Waals surface area contributed by atoms with Crippen molar-refractivity contribution in [2.45, 2.75) is 46.4 Å². The largest absolute Gasteiger partial charge is 0.444 e. The lowest BCUT2D eigenvalue weighted by atomic mass is 10.1. The van der Waals surface area contributed by atoms with Crippen molar-refractivity contribution in [3.8, 4) is 12.3 Å². The van der Waals surface area contributed by atoms with Gasteiger partial charge < -0.3 is 9.64 Å². The number of carbonyl (C=O) groups excluding carboxylic acids is 1. The van der Waals surface area contributed by atoms with E-state index in [0.29, 0.717) is 19.6 Å². The molecule has 0 aliphatic carbocycles. The average Bonchev–Trinajstić information content (AvgIpc) is 2.60. The van der Waals surface area contributed by atoms with Gasteiger partial charge in [0, 0.05) is 6.54 Å². The molecule has 0 bridgehead atoms. The average molecular weight is 261 g/mol. The molecule has 0 atom stereocenters. The summed E-state index contributed by atoms with van der Waals surface area (Å²) in [6.45, 7) is 9.15. The van der Waals surface area contributed by atoms with Gasteiger partial charge in [-0.1, -0.05) is 5.92 Å². The summed E-state index contributed by atoms with van der Waals surface area (Å²) in [5.41, 5.74) is 2.05. The van der Waals surface area contributed by atoms with Gasteiger partial charge in [0.05, 0.1) is 30.0 Å². The van der Waals surface area contributed by atoms with Crippen molar-refractivity contribution in [1.82, 2.24) is 14.7 Å². The van der Waals surface area contributed by atoms with Crippen molar-refractivity contribution >= 4 is 6.09 Å². The van der Waals surface area contributed by atoms with E-state index in [0.717, 1.165) is 17.0 Å². The summed E-state index contributed by atoms with van der Waals surface area (Å²) in [6, 6.07) is 0. The van der Waals surface area contributed by atoms with Gasteiger partial charge in [0.2, 0.25) is 0 Å². The molecule has 0 aromatic carbocycles. The molecule has 2 rings (SSSR count). The molecule has 0 spiro atoms. The van der Waals surface area contributed by atoms with Crippen LogP contribution in [0, 0.1) is 19.3 Å². The van der Waals surface area contributed by atoms with Gasteiger partial charge in [0.25, 0.3) is 0 Å². The molecule has 0 N–H and O–H groups in total. The van der Waals surface area contributed by atoms with Crippen molar-refractivity contribution in [3.05, 3.63) is 17.0 Å². The van der Waals surface area contributed by atoms with Crippen LogP contribution in [0.2, 0.25) is 0 Å². The Morgan fingerprint density at radius 2 is 2.11 bits per heavy atom. The van der Waals surface area contributed by atoms with Crippen molar-refractivity contribution in [1.29, 1.82) is 0 Å². The molecule has 0 radical (unpaired) electrons. The zero-order valence-corrected chi connectivity index (χ0v) is 11.9. The van der Waals surface area contributed by atoms with Gasteiger partial charge in [-0.25, -0.2) is 4.79 Å². The number of carbonyl (C=O) groups is 1. The van der Waals surface area contributed by atoms with Crippen LogP contribution in [0.1, 0.15) is 37.7 Å².